The predicted molar refractivity (Wildman–Crippen MR) is 94.2 cm³/mol. The maximum atomic E-state index is 3.70. The van der Waals surface area contributed by atoms with E-state index in [4.69, 9.17) is 0 Å². The van der Waals surface area contributed by atoms with Gasteiger partial charge in [-0.2, -0.15) is 0 Å². The van der Waals surface area contributed by atoms with Crippen molar-refractivity contribution in [3.63, 3.8) is 0 Å². The van der Waals surface area contributed by atoms with Crippen LogP contribution >= 0.6 is 15.9 Å². The monoisotopic (exact) mass is 343 g/mol. The lowest BCUT2D eigenvalue weighted by atomic mass is 9.83. The van der Waals surface area contributed by atoms with Crippen LogP contribution in [0.3, 0.4) is 0 Å². The fourth-order valence-corrected chi connectivity index (χ4v) is 4.17. The molecule has 1 unspecified atom stereocenters. The summed E-state index contributed by atoms with van der Waals surface area (Å²) < 4.78 is 1.16. The normalized spacial score (nSPS) is 17.4. The highest BCUT2D eigenvalue weighted by molar-refractivity contribution is 9.10. The number of nitrogens with one attached hydrogen (secondary N) is 1. The molecule has 1 aliphatic carbocycles. The molecule has 110 valence electrons. The molecule has 0 aromatic heterocycles. The number of halogens is 1. The molecule has 0 fully saturated rings. The van der Waals surface area contributed by atoms with E-state index in [1.807, 2.05) is 0 Å². The molecule has 1 N–H and O–H groups in total. The Morgan fingerprint density at radius 2 is 1.86 bits per heavy atom. The van der Waals surface area contributed by atoms with Crippen molar-refractivity contribution in [1.29, 1.82) is 0 Å². The Morgan fingerprint density at radius 1 is 1.14 bits per heavy atom. The van der Waals surface area contributed by atoms with Crippen molar-refractivity contribution in [3.8, 4) is 0 Å². The molecule has 2 aromatic carbocycles. The van der Waals surface area contributed by atoms with Crippen LogP contribution in [-0.4, -0.2) is 6.54 Å². The zero-order chi connectivity index (χ0) is 14.8. The number of hydrogen-bond acceptors (Lipinski definition) is 1. The van der Waals surface area contributed by atoms with Gasteiger partial charge in [0.05, 0.1) is 0 Å². The zero-order valence-electron chi connectivity index (χ0n) is 12.7. The number of anilines is 1. The van der Waals surface area contributed by atoms with Crippen LogP contribution in [-0.2, 0) is 6.42 Å². The highest BCUT2D eigenvalue weighted by Crippen LogP contribution is 2.32. The molecule has 0 amide bonds. The number of hydrogen-bond donors (Lipinski definition) is 1. The predicted octanol–water partition coefficient (Wildman–Crippen LogP) is 5.60. The van der Waals surface area contributed by atoms with Gasteiger partial charge in [-0.25, -0.2) is 0 Å². The number of benzene rings is 2. The topological polar surface area (TPSA) is 12.0 Å². The van der Waals surface area contributed by atoms with Gasteiger partial charge in [0, 0.05) is 22.6 Å². The van der Waals surface area contributed by atoms with Crippen molar-refractivity contribution in [1.82, 2.24) is 0 Å². The van der Waals surface area contributed by atoms with Crippen molar-refractivity contribution in [2.24, 2.45) is 0 Å². The minimum Gasteiger partial charge on any atom is -0.384 e. The first kappa shape index (κ1) is 14.6. The van der Waals surface area contributed by atoms with Crippen molar-refractivity contribution in [2.45, 2.75) is 39.0 Å². The molecule has 3 rings (SSSR count). The van der Waals surface area contributed by atoms with E-state index in [0.29, 0.717) is 5.92 Å². The first-order valence-electron chi connectivity index (χ1n) is 7.73. The van der Waals surface area contributed by atoms with Crippen molar-refractivity contribution >= 4 is 21.6 Å². The van der Waals surface area contributed by atoms with Crippen LogP contribution in [0.15, 0.2) is 40.9 Å². The molecule has 2 aromatic rings. The average molecular weight is 344 g/mol. The molecule has 0 heterocycles. The Kier molecular flexibility index (Phi) is 4.34. The van der Waals surface area contributed by atoms with Gasteiger partial charge in [-0.05, 0) is 67.5 Å². The lowest BCUT2D eigenvalue weighted by Crippen LogP contribution is -2.18. The minimum absolute atomic E-state index is 0.636. The summed E-state index contributed by atoms with van der Waals surface area (Å²) in [6, 6.07) is 13.3. The summed E-state index contributed by atoms with van der Waals surface area (Å²) >= 11 is 3.57. The van der Waals surface area contributed by atoms with Crippen molar-refractivity contribution < 1.29 is 0 Å². The summed E-state index contributed by atoms with van der Waals surface area (Å²) in [5, 5.41) is 3.70. The second-order valence-corrected chi connectivity index (χ2v) is 7.00. The van der Waals surface area contributed by atoms with E-state index in [9.17, 15) is 0 Å². The van der Waals surface area contributed by atoms with Crippen molar-refractivity contribution in [3.05, 3.63) is 63.1 Å². The van der Waals surface area contributed by atoms with Gasteiger partial charge in [-0.1, -0.05) is 40.2 Å². The van der Waals surface area contributed by atoms with E-state index in [-0.39, 0.29) is 0 Å². The summed E-state index contributed by atoms with van der Waals surface area (Å²) in [6.07, 6.45) is 3.84. The van der Waals surface area contributed by atoms with Crippen LogP contribution in [0, 0.1) is 13.8 Å². The minimum atomic E-state index is 0.636. The molecule has 21 heavy (non-hydrogen) atoms. The summed E-state index contributed by atoms with van der Waals surface area (Å²) in [6.45, 7) is 5.38. The highest BCUT2D eigenvalue weighted by atomic mass is 79.9. The van der Waals surface area contributed by atoms with Gasteiger partial charge in [-0.15, -0.1) is 0 Å². The fraction of sp³-hybridized carbons (Fsp3) is 0.368. The fourth-order valence-electron chi connectivity index (χ4n) is 3.48. The van der Waals surface area contributed by atoms with Crippen LogP contribution in [0.1, 0.15) is 41.0 Å². The molecule has 0 aliphatic heterocycles. The van der Waals surface area contributed by atoms with Crippen LogP contribution < -0.4 is 5.32 Å². The molecular weight excluding hydrogens is 322 g/mol. The molecule has 1 nitrogen and oxygen atoms in total. The first-order chi connectivity index (χ1) is 10.1. The third-order valence-electron chi connectivity index (χ3n) is 4.52. The Morgan fingerprint density at radius 3 is 2.62 bits per heavy atom. The van der Waals surface area contributed by atoms with Crippen LogP contribution in [0.25, 0.3) is 0 Å². The molecular formula is C19H22BrN. The molecule has 0 spiro atoms. The summed E-state index contributed by atoms with van der Waals surface area (Å²) in [4.78, 5) is 0. The van der Waals surface area contributed by atoms with Gasteiger partial charge < -0.3 is 5.32 Å². The van der Waals surface area contributed by atoms with Crippen LogP contribution in [0.2, 0.25) is 0 Å². The Balaban J connectivity index is 1.78. The first-order valence-corrected chi connectivity index (χ1v) is 8.53. The van der Waals surface area contributed by atoms with Crippen molar-refractivity contribution in [2.75, 3.05) is 11.9 Å². The molecule has 0 radical (unpaired) electrons. The standard InChI is InChI=1S/C19H22BrN/c1-13-10-17(20)11-14(2)19(13)21-12-16-8-5-7-15-6-3-4-9-18(15)16/h3-4,6,9-11,16,21H,5,7-8,12H2,1-2H3. The van der Waals surface area contributed by atoms with E-state index >= 15 is 0 Å². The van der Waals surface area contributed by atoms with E-state index in [0.717, 1.165) is 11.0 Å². The Hall–Kier alpha value is -1.28. The molecule has 1 atom stereocenters. The molecule has 0 bridgehead atoms. The van der Waals surface area contributed by atoms with Gasteiger partial charge in [0.1, 0.15) is 0 Å². The van der Waals surface area contributed by atoms with Gasteiger partial charge in [0.15, 0.2) is 0 Å². The smallest absolute Gasteiger partial charge is 0.0400 e. The quantitative estimate of drug-likeness (QED) is 0.764. The molecule has 2 heteroatoms. The van der Waals surface area contributed by atoms with Gasteiger partial charge in [-0.3, -0.25) is 0 Å². The van der Waals surface area contributed by atoms with Gasteiger partial charge >= 0.3 is 0 Å². The zero-order valence-corrected chi connectivity index (χ0v) is 14.3. The highest BCUT2D eigenvalue weighted by Gasteiger charge is 2.19. The second-order valence-electron chi connectivity index (χ2n) is 6.08. The molecule has 1 aliphatic rings. The Labute approximate surface area is 135 Å². The summed E-state index contributed by atoms with van der Waals surface area (Å²) in [7, 11) is 0. The summed E-state index contributed by atoms with van der Waals surface area (Å²) in [5.74, 6) is 0.636. The maximum Gasteiger partial charge on any atom is 0.0400 e. The lowest BCUT2D eigenvalue weighted by Gasteiger charge is -2.26. The third kappa shape index (κ3) is 3.16. The molecule has 0 saturated carbocycles. The SMILES string of the molecule is Cc1cc(Br)cc(C)c1NCC1CCCc2ccccc21. The Bertz CT molecular complexity index is 625. The maximum absolute atomic E-state index is 3.70. The van der Waals surface area contributed by atoms with Gasteiger partial charge in [0.25, 0.3) is 0 Å². The number of aryl methyl sites for hydroxylation is 3. The van der Waals surface area contributed by atoms with E-state index in [1.54, 1.807) is 11.1 Å². The van der Waals surface area contributed by atoms with E-state index < -0.39 is 0 Å². The summed E-state index contributed by atoms with van der Waals surface area (Å²) in [5.41, 5.74) is 7.00. The van der Waals surface area contributed by atoms with Crippen LogP contribution in [0.4, 0.5) is 5.69 Å². The van der Waals surface area contributed by atoms with Gasteiger partial charge in [0.2, 0.25) is 0 Å². The van der Waals surface area contributed by atoms with Crippen LogP contribution in [0.5, 0.6) is 0 Å². The third-order valence-corrected chi connectivity index (χ3v) is 4.97. The van der Waals surface area contributed by atoms with E-state index in [2.05, 4.69) is 71.5 Å². The number of fused-ring (bicyclic) bond motifs is 1. The average Bonchev–Trinajstić information content (AvgIpc) is 2.46. The lowest BCUT2D eigenvalue weighted by molar-refractivity contribution is 0.571. The molecule has 0 saturated heterocycles. The second kappa shape index (κ2) is 6.23. The van der Waals surface area contributed by atoms with E-state index in [1.165, 1.54) is 36.1 Å². The number of rotatable bonds is 3. The largest absolute Gasteiger partial charge is 0.384 e.